The molecule has 4 rings (SSSR count). The van der Waals surface area contributed by atoms with Crippen molar-refractivity contribution in [1.82, 2.24) is 0 Å². The molecule has 3 aromatic rings. The molecule has 1 aliphatic rings. The standard InChI is InChI=1S/C29H31N3O2S2/c1-29(2,3)20-12-13-23-24(17-30)28(36-25(23)15-20)32-27(34)18-35-22-11-7-10-21(16-22)31-26(33)14-19-8-5-4-6-9-19/h4-11,16,20H,12-15,18H2,1-3H3,(H,31,33)(H,32,34). The molecule has 0 spiro atoms. The molecule has 1 aromatic heterocycles. The van der Waals surface area contributed by atoms with Gasteiger partial charge in [-0.2, -0.15) is 5.26 Å². The van der Waals surface area contributed by atoms with E-state index in [2.05, 4.69) is 37.5 Å². The highest BCUT2D eigenvalue weighted by Gasteiger charge is 2.32. The number of amides is 2. The summed E-state index contributed by atoms with van der Waals surface area (Å²) in [4.78, 5) is 27.3. The summed E-state index contributed by atoms with van der Waals surface area (Å²) in [6.07, 6.45) is 3.24. The van der Waals surface area contributed by atoms with Crippen molar-refractivity contribution < 1.29 is 9.59 Å². The zero-order chi connectivity index (χ0) is 25.7. The van der Waals surface area contributed by atoms with E-state index in [4.69, 9.17) is 0 Å². The number of hydrogen-bond donors (Lipinski definition) is 2. The van der Waals surface area contributed by atoms with Crippen LogP contribution in [0.2, 0.25) is 0 Å². The number of nitriles is 1. The number of rotatable bonds is 7. The third-order valence-electron chi connectivity index (χ3n) is 6.55. The van der Waals surface area contributed by atoms with Crippen molar-refractivity contribution in [3.05, 3.63) is 76.2 Å². The molecule has 1 aliphatic carbocycles. The molecule has 0 fully saturated rings. The average Bonchev–Trinajstić information content (AvgIpc) is 3.19. The van der Waals surface area contributed by atoms with Crippen LogP contribution in [-0.4, -0.2) is 17.6 Å². The number of thiophene rings is 1. The molecule has 186 valence electrons. The van der Waals surface area contributed by atoms with E-state index in [1.165, 1.54) is 16.6 Å². The van der Waals surface area contributed by atoms with Crippen molar-refractivity contribution >= 4 is 45.6 Å². The molecule has 1 heterocycles. The minimum Gasteiger partial charge on any atom is -0.326 e. The zero-order valence-corrected chi connectivity index (χ0v) is 22.5. The van der Waals surface area contributed by atoms with Crippen molar-refractivity contribution in [2.24, 2.45) is 11.3 Å². The predicted molar refractivity (Wildman–Crippen MR) is 149 cm³/mol. The molecule has 2 amide bonds. The summed E-state index contributed by atoms with van der Waals surface area (Å²) in [6, 6.07) is 19.4. The van der Waals surface area contributed by atoms with E-state index in [0.717, 1.165) is 35.3 Å². The van der Waals surface area contributed by atoms with Crippen LogP contribution in [0, 0.1) is 22.7 Å². The first-order valence-electron chi connectivity index (χ1n) is 12.1. The van der Waals surface area contributed by atoms with Crippen LogP contribution in [0.25, 0.3) is 0 Å². The Labute approximate surface area is 221 Å². The maximum atomic E-state index is 12.8. The summed E-state index contributed by atoms with van der Waals surface area (Å²) in [5.74, 6) is 0.579. The van der Waals surface area contributed by atoms with Crippen molar-refractivity contribution in [3.63, 3.8) is 0 Å². The van der Waals surface area contributed by atoms with E-state index in [0.29, 0.717) is 28.6 Å². The molecule has 1 unspecified atom stereocenters. The second kappa shape index (κ2) is 11.3. The van der Waals surface area contributed by atoms with Crippen LogP contribution in [-0.2, 0) is 28.9 Å². The minimum atomic E-state index is -0.138. The summed E-state index contributed by atoms with van der Waals surface area (Å²) < 4.78 is 0. The Kier molecular flexibility index (Phi) is 8.17. The largest absolute Gasteiger partial charge is 0.326 e. The summed E-state index contributed by atoms with van der Waals surface area (Å²) in [5.41, 5.74) is 3.63. The quantitative estimate of drug-likeness (QED) is 0.342. The van der Waals surface area contributed by atoms with Crippen molar-refractivity contribution in [2.45, 2.75) is 51.3 Å². The lowest BCUT2D eigenvalue weighted by atomic mass is 9.72. The molecular weight excluding hydrogens is 486 g/mol. The number of carbonyl (C=O) groups is 2. The van der Waals surface area contributed by atoms with Gasteiger partial charge in [0.1, 0.15) is 11.1 Å². The van der Waals surface area contributed by atoms with Gasteiger partial charge in [-0.3, -0.25) is 9.59 Å². The number of carbonyl (C=O) groups excluding carboxylic acids is 2. The Balaban J connectivity index is 1.34. The van der Waals surface area contributed by atoms with E-state index in [9.17, 15) is 14.9 Å². The molecule has 0 bridgehead atoms. The smallest absolute Gasteiger partial charge is 0.235 e. The highest BCUT2D eigenvalue weighted by molar-refractivity contribution is 8.00. The van der Waals surface area contributed by atoms with Gasteiger partial charge in [-0.1, -0.05) is 57.2 Å². The molecule has 36 heavy (non-hydrogen) atoms. The lowest BCUT2D eigenvalue weighted by Gasteiger charge is -2.33. The van der Waals surface area contributed by atoms with Gasteiger partial charge in [0.15, 0.2) is 0 Å². The maximum Gasteiger partial charge on any atom is 0.235 e. The maximum absolute atomic E-state index is 12.8. The number of thioether (sulfide) groups is 1. The summed E-state index contributed by atoms with van der Waals surface area (Å²) >= 11 is 2.96. The summed E-state index contributed by atoms with van der Waals surface area (Å²) in [7, 11) is 0. The highest BCUT2D eigenvalue weighted by atomic mass is 32.2. The van der Waals surface area contributed by atoms with Gasteiger partial charge in [-0.15, -0.1) is 23.1 Å². The Morgan fingerprint density at radius 1 is 1.08 bits per heavy atom. The zero-order valence-electron chi connectivity index (χ0n) is 20.9. The molecule has 5 nitrogen and oxygen atoms in total. The fourth-order valence-electron chi connectivity index (χ4n) is 4.49. The van der Waals surface area contributed by atoms with Gasteiger partial charge >= 0.3 is 0 Å². The van der Waals surface area contributed by atoms with E-state index >= 15 is 0 Å². The van der Waals surface area contributed by atoms with E-state index in [-0.39, 0.29) is 23.0 Å². The van der Waals surface area contributed by atoms with Gasteiger partial charge in [0.2, 0.25) is 11.8 Å². The molecule has 1 atom stereocenters. The van der Waals surface area contributed by atoms with Gasteiger partial charge in [0.05, 0.1) is 17.7 Å². The lowest BCUT2D eigenvalue weighted by molar-refractivity contribution is -0.115. The third-order valence-corrected chi connectivity index (χ3v) is 8.71. The van der Waals surface area contributed by atoms with E-state index < -0.39 is 0 Å². The Bertz CT molecular complexity index is 1290. The van der Waals surface area contributed by atoms with Gasteiger partial charge in [-0.05, 0) is 59.9 Å². The Morgan fingerprint density at radius 3 is 2.58 bits per heavy atom. The Morgan fingerprint density at radius 2 is 1.86 bits per heavy atom. The number of hydrogen-bond acceptors (Lipinski definition) is 5. The number of nitrogens with zero attached hydrogens (tertiary/aromatic N) is 1. The number of fused-ring (bicyclic) bond motifs is 1. The predicted octanol–water partition coefficient (Wildman–Crippen LogP) is 6.68. The van der Waals surface area contributed by atoms with E-state index in [1.54, 1.807) is 11.3 Å². The molecule has 0 aliphatic heterocycles. The molecule has 0 saturated carbocycles. The molecular formula is C29H31N3O2S2. The van der Waals surface area contributed by atoms with Crippen LogP contribution >= 0.6 is 23.1 Å². The first-order chi connectivity index (χ1) is 17.2. The van der Waals surface area contributed by atoms with Crippen LogP contribution < -0.4 is 10.6 Å². The first kappa shape index (κ1) is 26.0. The topological polar surface area (TPSA) is 82.0 Å². The molecule has 2 aromatic carbocycles. The van der Waals surface area contributed by atoms with Gasteiger partial charge in [0, 0.05) is 15.5 Å². The van der Waals surface area contributed by atoms with Crippen LogP contribution in [0.1, 0.15) is 48.8 Å². The number of benzene rings is 2. The Hall–Kier alpha value is -3.08. The fourth-order valence-corrected chi connectivity index (χ4v) is 6.54. The lowest BCUT2D eigenvalue weighted by Crippen LogP contribution is -2.26. The van der Waals surface area contributed by atoms with Crippen LogP contribution in [0.15, 0.2) is 59.5 Å². The molecule has 0 radical (unpaired) electrons. The van der Waals surface area contributed by atoms with Crippen LogP contribution in [0.4, 0.5) is 10.7 Å². The minimum absolute atomic E-state index is 0.0829. The average molecular weight is 518 g/mol. The second-order valence-corrected chi connectivity index (χ2v) is 12.4. The van der Waals surface area contributed by atoms with Gasteiger partial charge in [0.25, 0.3) is 0 Å². The molecule has 0 saturated heterocycles. The third kappa shape index (κ3) is 6.57. The number of anilines is 2. The van der Waals surface area contributed by atoms with Crippen molar-refractivity contribution in [3.8, 4) is 6.07 Å². The first-order valence-corrected chi connectivity index (χ1v) is 13.9. The van der Waals surface area contributed by atoms with Gasteiger partial charge < -0.3 is 10.6 Å². The number of nitrogens with one attached hydrogen (secondary N) is 2. The van der Waals surface area contributed by atoms with Crippen LogP contribution in [0.3, 0.4) is 0 Å². The second-order valence-electron chi connectivity index (χ2n) is 10.2. The van der Waals surface area contributed by atoms with Crippen LogP contribution in [0.5, 0.6) is 0 Å². The monoisotopic (exact) mass is 517 g/mol. The van der Waals surface area contributed by atoms with Crippen molar-refractivity contribution in [2.75, 3.05) is 16.4 Å². The van der Waals surface area contributed by atoms with Crippen molar-refractivity contribution in [1.29, 1.82) is 5.26 Å². The van der Waals surface area contributed by atoms with E-state index in [1.807, 2.05) is 54.6 Å². The molecule has 2 N–H and O–H groups in total. The summed E-state index contributed by atoms with van der Waals surface area (Å²) in [6.45, 7) is 6.81. The SMILES string of the molecule is CC(C)(C)C1CCc2c(sc(NC(=O)CSc3cccc(NC(=O)Cc4ccccc4)c3)c2C#N)C1. The van der Waals surface area contributed by atoms with Gasteiger partial charge in [-0.25, -0.2) is 0 Å². The fraction of sp³-hybridized carbons (Fsp3) is 0.345. The molecule has 7 heteroatoms. The summed E-state index contributed by atoms with van der Waals surface area (Å²) in [5, 5.41) is 16.4. The highest BCUT2D eigenvalue weighted by Crippen LogP contribution is 2.44. The normalized spacial score (nSPS) is 15.0.